The maximum absolute atomic E-state index is 13.1. The first-order valence-corrected chi connectivity index (χ1v) is 5.08. The van der Waals surface area contributed by atoms with E-state index in [9.17, 15) is 4.39 Å². The van der Waals surface area contributed by atoms with Gasteiger partial charge >= 0.3 is 0 Å². The van der Waals surface area contributed by atoms with Gasteiger partial charge in [0.1, 0.15) is 11.8 Å². The minimum Gasteiger partial charge on any atom is -0.476 e. The van der Waals surface area contributed by atoms with Crippen LogP contribution in [0.4, 0.5) is 4.39 Å². The van der Waals surface area contributed by atoms with Crippen LogP contribution in [-0.2, 0) is 0 Å². The second-order valence-electron chi connectivity index (χ2n) is 3.23. The number of aliphatic hydroxyl groups excluding tert-OH is 1. The highest BCUT2D eigenvalue weighted by Crippen LogP contribution is 2.14. The smallest absolute Gasteiger partial charge is 0.251 e. The van der Waals surface area contributed by atoms with E-state index in [1.807, 2.05) is 6.07 Å². The number of ether oxygens (including phenoxy) is 1. The molecule has 1 aromatic heterocycles. The summed E-state index contributed by atoms with van der Waals surface area (Å²) in [7, 11) is 0. The Balaban J connectivity index is 2.44. The van der Waals surface area contributed by atoms with Gasteiger partial charge in [0.2, 0.25) is 0 Å². The van der Waals surface area contributed by atoms with Crippen LogP contribution in [0, 0.1) is 17.1 Å². The molecule has 0 aliphatic heterocycles. The molecule has 86 valence electrons. The average molecular weight is 224 g/mol. The van der Waals surface area contributed by atoms with Gasteiger partial charge in [0, 0.05) is 6.61 Å². The number of nitriles is 1. The van der Waals surface area contributed by atoms with Gasteiger partial charge in [-0.2, -0.15) is 5.26 Å². The molecule has 0 radical (unpaired) electrons. The Labute approximate surface area is 93.3 Å². The largest absolute Gasteiger partial charge is 0.476 e. The molecule has 0 aliphatic rings. The summed E-state index contributed by atoms with van der Waals surface area (Å²) in [5.41, 5.74) is 0.131. The van der Waals surface area contributed by atoms with Crippen LogP contribution < -0.4 is 4.74 Å². The van der Waals surface area contributed by atoms with Crippen molar-refractivity contribution >= 4 is 0 Å². The summed E-state index contributed by atoms with van der Waals surface area (Å²) < 4.78 is 18.3. The molecule has 0 saturated heterocycles. The van der Waals surface area contributed by atoms with Crippen LogP contribution in [0.3, 0.4) is 0 Å². The van der Waals surface area contributed by atoms with Gasteiger partial charge in [-0.3, -0.25) is 0 Å². The number of aliphatic hydroxyl groups is 1. The zero-order valence-electron chi connectivity index (χ0n) is 8.82. The zero-order chi connectivity index (χ0) is 11.8. The molecule has 16 heavy (non-hydrogen) atoms. The number of pyridine rings is 1. The summed E-state index contributed by atoms with van der Waals surface area (Å²) in [6.07, 6.45) is 2.24. The first-order chi connectivity index (χ1) is 7.77. The van der Waals surface area contributed by atoms with Crippen LogP contribution in [0.25, 0.3) is 0 Å². The minimum atomic E-state index is -0.568. The Morgan fingerprint density at radius 2 is 2.19 bits per heavy atom. The first kappa shape index (κ1) is 12.4. The highest BCUT2D eigenvalue weighted by atomic mass is 19.1. The molecule has 0 aliphatic carbocycles. The molecule has 4 nitrogen and oxygen atoms in total. The van der Waals surface area contributed by atoms with E-state index in [2.05, 4.69) is 4.98 Å². The van der Waals surface area contributed by atoms with E-state index < -0.39 is 5.82 Å². The van der Waals surface area contributed by atoms with Gasteiger partial charge in [0.15, 0.2) is 5.82 Å². The summed E-state index contributed by atoms with van der Waals surface area (Å²) in [4.78, 5) is 3.70. The van der Waals surface area contributed by atoms with E-state index in [1.165, 1.54) is 6.07 Å². The normalized spacial score (nSPS) is 9.81. The molecule has 0 fully saturated rings. The van der Waals surface area contributed by atoms with Gasteiger partial charge in [-0.05, 0) is 31.4 Å². The van der Waals surface area contributed by atoms with Gasteiger partial charge < -0.3 is 9.84 Å². The van der Waals surface area contributed by atoms with E-state index in [0.29, 0.717) is 13.0 Å². The summed E-state index contributed by atoms with van der Waals surface area (Å²) >= 11 is 0. The molecule has 0 atom stereocenters. The van der Waals surface area contributed by atoms with Crippen molar-refractivity contribution in [2.24, 2.45) is 0 Å². The van der Waals surface area contributed by atoms with Crippen LogP contribution in [0.5, 0.6) is 5.88 Å². The predicted octanol–water partition coefficient (Wildman–Crippen LogP) is 1.63. The second kappa shape index (κ2) is 6.75. The number of hydrogen-bond donors (Lipinski definition) is 1. The molecule has 0 unspecified atom stereocenters. The standard InChI is InChI=1S/C11H13FN2O2/c12-10-5-4-9(8-13)14-11(10)16-7-3-1-2-6-15/h4-5,15H,1-3,6-7H2. The van der Waals surface area contributed by atoms with E-state index in [-0.39, 0.29) is 18.2 Å². The number of halogens is 1. The Bertz CT molecular complexity index is 377. The van der Waals surface area contributed by atoms with Crippen molar-refractivity contribution in [3.63, 3.8) is 0 Å². The second-order valence-corrected chi connectivity index (χ2v) is 3.23. The summed E-state index contributed by atoms with van der Waals surface area (Å²) in [5.74, 6) is -0.704. The molecular formula is C11H13FN2O2. The average Bonchev–Trinajstić information content (AvgIpc) is 2.31. The van der Waals surface area contributed by atoms with E-state index in [1.54, 1.807) is 0 Å². The van der Waals surface area contributed by atoms with Crippen molar-refractivity contribution in [1.82, 2.24) is 4.98 Å². The van der Waals surface area contributed by atoms with Crippen molar-refractivity contribution in [2.75, 3.05) is 13.2 Å². The molecule has 1 rings (SSSR count). The number of rotatable bonds is 6. The number of unbranched alkanes of at least 4 members (excludes halogenated alkanes) is 2. The Hall–Kier alpha value is -1.67. The Morgan fingerprint density at radius 3 is 2.88 bits per heavy atom. The SMILES string of the molecule is N#Cc1ccc(F)c(OCCCCCO)n1. The monoisotopic (exact) mass is 224 g/mol. The van der Waals surface area contributed by atoms with Gasteiger partial charge in [-0.25, -0.2) is 9.37 Å². The van der Waals surface area contributed by atoms with Crippen LogP contribution >= 0.6 is 0 Å². The maximum Gasteiger partial charge on any atom is 0.251 e. The lowest BCUT2D eigenvalue weighted by molar-refractivity contribution is 0.256. The Morgan fingerprint density at radius 1 is 1.38 bits per heavy atom. The van der Waals surface area contributed by atoms with Gasteiger partial charge in [-0.1, -0.05) is 0 Å². The van der Waals surface area contributed by atoms with Crippen molar-refractivity contribution in [2.45, 2.75) is 19.3 Å². The van der Waals surface area contributed by atoms with E-state index in [4.69, 9.17) is 15.1 Å². The quantitative estimate of drug-likeness (QED) is 0.746. The van der Waals surface area contributed by atoms with Gasteiger partial charge in [0.05, 0.1) is 6.61 Å². The lowest BCUT2D eigenvalue weighted by atomic mass is 10.2. The Kier molecular flexibility index (Phi) is 5.23. The number of nitrogens with zero attached hydrogens (tertiary/aromatic N) is 2. The van der Waals surface area contributed by atoms with E-state index >= 15 is 0 Å². The minimum absolute atomic E-state index is 0.131. The molecular weight excluding hydrogens is 211 g/mol. The third-order valence-corrected chi connectivity index (χ3v) is 1.97. The van der Waals surface area contributed by atoms with Gasteiger partial charge in [-0.15, -0.1) is 0 Å². The molecule has 0 amide bonds. The predicted molar refractivity (Wildman–Crippen MR) is 55.3 cm³/mol. The van der Waals surface area contributed by atoms with Crippen molar-refractivity contribution in [3.05, 3.63) is 23.6 Å². The third kappa shape index (κ3) is 3.83. The molecule has 0 saturated carbocycles. The fraction of sp³-hybridized carbons (Fsp3) is 0.455. The lowest BCUT2D eigenvalue weighted by Gasteiger charge is -2.05. The van der Waals surface area contributed by atoms with Crippen molar-refractivity contribution in [1.29, 1.82) is 5.26 Å². The van der Waals surface area contributed by atoms with E-state index in [0.717, 1.165) is 18.9 Å². The topological polar surface area (TPSA) is 66.1 Å². The number of hydrogen-bond acceptors (Lipinski definition) is 4. The zero-order valence-corrected chi connectivity index (χ0v) is 8.82. The molecule has 1 N–H and O–H groups in total. The van der Waals surface area contributed by atoms with Crippen LogP contribution in [0.2, 0.25) is 0 Å². The maximum atomic E-state index is 13.1. The molecule has 1 heterocycles. The van der Waals surface area contributed by atoms with Crippen LogP contribution in [-0.4, -0.2) is 23.3 Å². The number of aromatic nitrogens is 1. The highest BCUT2D eigenvalue weighted by Gasteiger charge is 2.06. The van der Waals surface area contributed by atoms with Crippen molar-refractivity contribution in [3.8, 4) is 11.9 Å². The molecule has 5 heteroatoms. The fourth-order valence-corrected chi connectivity index (χ4v) is 1.15. The lowest BCUT2D eigenvalue weighted by Crippen LogP contribution is -2.02. The highest BCUT2D eigenvalue weighted by molar-refractivity contribution is 5.26. The van der Waals surface area contributed by atoms with Crippen LogP contribution in [0.1, 0.15) is 25.0 Å². The summed E-state index contributed by atoms with van der Waals surface area (Å²) in [6.45, 7) is 0.481. The molecule has 0 spiro atoms. The van der Waals surface area contributed by atoms with Crippen molar-refractivity contribution < 1.29 is 14.2 Å². The first-order valence-electron chi connectivity index (χ1n) is 5.08. The van der Waals surface area contributed by atoms with Gasteiger partial charge in [0.25, 0.3) is 5.88 Å². The summed E-state index contributed by atoms with van der Waals surface area (Å²) in [5, 5.41) is 17.1. The molecule has 1 aromatic rings. The molecule has 0 aromatic carbocycles. The van der Waals surface area contributed by atoms with Crippen LogP contribution in [0.15, 0.2) is 12.1 Å². The summed E-state index contributed by atoms with van der Waals surface area (Å²) in [6, 6.07) is 4.28. The third-order valence-electron chi connectivity index (χ3n) is 1.97. The fourth-order valence-electron chi connectivity index (χ4n) is 1.15. The molecule has 0 bridgehead atoms.